The summed E-state index contributed by atoms with van der Waals surface area (Å²) in [4.78, 5) is 17.0. The maximum Gasteiger partial charge on any atom is 0.346 e. The molecule has 3 rings (SSSR count). The van der Waals surface area contributed by atoms with Gasteiger partial charge in [0, 0.05) is 11.5 Å². The molecule has 0 radical (unpaired) electrons. The SMILES string of the molecule is O=C(O)C1CN(c2ncns2)c2ccccc2O1. The number of carboxylic acid groups (broad SMARTS) is 1. The number of aromatic nitrogens is 2. The molecule has 2 aromatic rings. The van der Waals surface area contributed by atoms with Crippen LogP contribution in [-0.2, 0) is 4.79 Å². The van der Waals surface area contributed by atoms with Gasteiger partial charge in [0.25, 0.3) is 0 Å². The Bertz CT molecular complexity index is 573. The molecule has 2 heterocycles. The molecule has 1 unspecified atom stereocenters. The third-order valence-corrected chi connectivity index (χ3v) is 3.32. The Morgan fingerprint density at radius 1 is 1.50 bits per heavy atom. The van der Waals surface area contributed by atoms with Gasteiger partial charge in [0.05, 0.1) is 12.2 Å². The second-order valence-corrected chi connectivity index (χ2v) is 4.51. The van der Waals surface area contributed by atoms with Crippen molar-refractivity contribution < 1.29 is 14.6 Å². The van der Waals surface area contributed by atoms with Crippen LogP contribution in [0.5, 0.6) is 5.75 Å². The number of hydrogen-bond acceptors (Lipinski definition) is 6. The zero-order valence-electron chi connectivity index (χ0n) is 9.18. The predicted octanol–water partition coefficient (Wildman–Crippen LogP) is 1.52. The highest BCUT2D eigenvalue weighted by atomic mass is 32.1. The van der Waals surface area contributed by atoms with E-state index < -0.39 is 12.1 Å². The first-order valence-corrected chi connectivity index (χ1v) is 6.06. The Labute approximate surface area is 107 Å². The second kappa shape index (κ2) is 4.26. The van der Waals surface area contributed by atoms with E-state index in [1.54, 1.807) is 12.1 Å². The van der Waals surface area contributed by atoms with E-state index in [9.17, 15) is 4.79 Å². The van der Waals surface area contributed by atoms with Crippen LogP contribution in [0, 0.1) is 0 Å². The number of anilines is 2. The highest BCUT2D eigenvalue weighted by molar-refractivity contribution is 7.09. The molecule has 0 saturated carbocycles. The molecular weight excluding hydrogens is 254 g/mol. The van der Waals surface area contributed by atoms with Gasteiger partial charge in [0.15, 0.2) is 0 Å². The summed E-state index contributed by atoms with van der Waals surface area (Å²) >= 11 is 1.22. The lowest BCUT2D eigenvalue weighted by molar-refractivity contribution is -0.144. The minimum atomic E-state index is -0.987. The fraction of sp³-hybridized carbons (Fsp3) is 0.182. The molecule has 1 aliphatic heterocycles. The number of aliphatic carboxylic acids is 1. The molecule has 7 heteroatoms. The molecular formula is C11H9N3O3S. The Morgan fingerprint density at radius 3 is 3.06 bits per heavy atom. The molecule has 0 saturated heterocycles. The quantitative estimate of drug-likeness (QED) is 0.885. The van der Waals surface area contributed by atoms with Crippen molar-refractivity contribution in [3.63, 3.8) is 0 Å². The summed E-state index contributed by atoms with van der Waals surface area (Å²) in [6, 6.07) is 7.30. The molecule has 1 atom stereocenters. The topological polar surface area (TPSA) is 75.5 Å². The van der Waals surface area contributed by atoms with Crippen LogP contribution < -0.4 is 9.64 Å². The van der Waals surface area contributed by atoms with E-state index >= 15 is 0 Å². The van der Waals surface area contributed by atoms with Crippen LogP contribution in [0.4, 0.5) is 10.8 Å². The number of carbonyl (C=O) groups is 1. The van der Waals surface area contributed by atoms with Crippen molar-refractivity contribution in [3.8, 4) is 5.75 Å². The summed E-state index contributed by atoms with van der Waals surface area (Å²) in [5.41, 5.74) is 0.812. The summed E-state index contributed by atoms with van der Waals surface area (Å²) in [6.45, 7) is 0.224. The Balaban J connectivity index is 2.05. The monoisotopic (exact) mass is 263 g/mol. The Hall–Kier alpha value is -2.15. The van der Waals surface area contributed by atoms with E-state index in [2.05, 4.69) is 9.36 Å². The lowest BCUT2D eigenvalue weighted by Gasteiger charge is -2.32. The first-order valence-electron chi connectivity index (χ1n) is 5.28. The molecule has 0 amide bonds. The van der Waals surface area contributed by atoms with Gasteiger partial charge in [0.1, 0.15) is 12.1 Å². The summed E-state index contributed by atoms with van der Waals surface area (Å²) in [5.74, 6) is -0.439. The standard InChI is InChI=1S/C11H9N3O3S/c15-10(16)9-5-14(11-12-6-13-18-11)7-3-1-2-4-8(7)17-9/h1-4,6,9H,5H2,(H,15,16). The second-order valence-electron chi connectivity index (χ2n) is 3.75. The van der Waals surface area contributed by atoms with Crippen molar-refractivity contribution in [2.45, 2.75) is 6.10 Å². The lowest BCUT2D eigenvalue weighted by Crippen LogP contribution is -2.42. The minimum absolute atomic E-state index is 0.224. The van der Waals surface area contributed by atoms with Gasteiger partial charge in [-0.3, -0.25) is 0 Å². The smallest absolute Gasteiger partial charge is 0.346 e. The normalized spacial score (nSPS) is 18.0. The van der Waals surface area contributed by atoms with E-state index in [0.717, 1.165) is 5.69 Å². The van der Waals surface area contributed by atoms with Crippen LogP contribution in [0.25, 0.3) is 0 Å². The van der Waals surface area contributed by atoms with E-state index in [-0.39, 0.29) is 6.54 Å². The van der Waals surface area contributed by atoms with E-state index in [4.69, 9.17) is 9.84 Å². The molecule has 6 nitrogen and oxygen atoms in total. The van der Waals surface area contributed by atoms with Crippen molar-refractivity contribution in [2.24, 2.45) is 0 Å². The van der Waals surface area contributed by atoms with Crippen molar-refractivity contribution in [3.05, 3.63) is 30.6 Å². The maximum atomic E-state index is 11.1. The fourth-order valence-electron chi connectivity index (χ4n) is 1.83. The van der Waals surface area contributed by atoms with Crippen LogP contribution >= 0.6 is 11.5 Å². The van der Waals surface area contributed by atoms with Gasteiger partial charge < -0.3 is 14.7 Å². The van der Waals surface area contributed by atoms with Gasteiger partial charge in [-0.2, -0.15) is 4.37 Å². The zero-order valence-corrected chi connectivity index (χ0v) is 10.0. The number of fused-ring (bicyclic) bond motifs is 1. The molecule has 1 aliphatic rings. The van der Waals surface area contributed by atoms with Gasteiger partial charge in [-0.1, -0.05) is 12.1 Å². The Morgan fingerprint density at radius 2 is 2.33 bits per heavy atom. The average molecular weight is 263 g/mol. The van der Waals surface area contributed by atoms with Crippen LogP contribution in [0.2, 0.25) is 0 Å². The van der Waals surface area contributed by atoms with Gasteiger partial charge in [-0.05, 0) is 12.1 Å². The summed E-state index contributed by atoms with van der Waals surface area (Å²) in [5, 5.41) is 9.76. The number of hydrogen-bond donors (Lipinski definition) is 1. The molecule has 1 aromatic heterocycles. The molecule has 0 spiro atoms. The fourth-order valence-corrected chi connectivity index (χ4v) is 2.38. The van der Waals surface area contributed by atoms with E-state index in [1.165, 1.54) is 17.9 Å². The summed E-state index contributed by atoms with van der Waals surface area (Å²) in [6.07, 6.45) is 0.553. The lowest BCUT2D eigenvalue weighted by atomic mass is 10.2. The van der Waals surface area contributed by atoms with Crippen LogP contribution in [0.15, 0.2) is 30.6 Å². The third kappa shape index (κ3) is 1.78. The zero-order chi connectivity index (χ0) is 12.5. The van der Waals surface area contributed by atoms with Gasteiger partial charge in [-0.15, -0.1) is 0 Å². The predicted molar refractivity (Wildman–Crippen MR) is 65.4 cm³/mol. The first kappa shape index (κ1) is 11.0. The highest BCUT2D eigenvalue weighted by Crippen LogP contribution is 2.38. The number of rotatable bonds is 2. The molecule has 1 aromatic carbocycles. The van der Waals surface area contributed by atoms with Crippen molar-refractivity contribution in [1.82, 2.24) is 9.36 Å². The first-order chi connectivity index (χ1) is 8.75. The molecule has 0 fully saturated rings. The number of carboxylic acids is 1. The number of para-hydroxylation sites is 2. The summed E-state index contributed by atoms with van der Waals surface area (Å²) in [7, 11) is 0. The molecule has 92 valence electrons. The minimum Gasteiger partial charge on any atom is -0.478 e. The largest absolute Gasteiger partial charge is 0.478 e. The maximum absolute atomic E-state index is 11.1. The number of ether oxygens (including phenoxy) is 1. The van der Waals surface area contributed by atoms with Crippen molar-refractivity contribution in [1.29, 1.82) is 0 Å². The van der Waals surface area contributed by atoms with Crippen molar-refractivity contribution in [2.75, 3.05) is 11.4 Å². The van der Waals surface area contributed by atoms with Gasteiger partial charge in [-0.25, -0.2) is 9.78 Å². The van der Waals surface area contributed by atoms with Crippen LogP contribution in [0.1, 0.15) is 0 Å². The van der Waals surface area contributed by atoms with Crippen molar-refractivity contribution >= 4 is 28.3 Å². The summed E-state index contributed by atoms with van der Waals surface area (Å²) < 4.78 is 9.38. The molecule has 1 N–H and O–H groups in total. The van der Waals surface area contributed by atoms with Gasteiger partial charge >= 0.3 is 5.97 Å². The Kier molecular flexibility index (Phi) is 2.60. The molecule has 0 bridgehead atoms. The number of nitrogens with zero attached hydrogens (tertiary/aromatic N) is 3. The van der Waals surface area contributed by atoms with Gasteiger partial charge in [0.2, 0.25) is 11.2 Å². The van der Waals surface area contributed by atoms with Crippen LogP contribution in [0.3, 0.4) is 0 Å². The van der Waals surface area contributed by atoms with E-state index in [0.29, 0.717) is 10.9 Å². The third-order valence-electron chi connectivity index (χ3n) is 2.63. The number of benzene rings is 1. The highest BCUT2D eigenvalue weighted by Gasteiger charge is 2.32. The van der Waals surface area contributed by atoms with E-state index in [1.807, 2.05) is 17.0 Å². The molecule has 18 heavy (non-hydrogen) atoms. The van der Waals surface area contributed by atoms with Crippen LogP contribution in [-0.4, -0.2) is 33.1 Å². The molecule has 0 aliphatic carbocycles. The average Bonchev–Trinajstić information content (AvgIpc) is 2.91.